The Labute approximate surface area is 166 Å². The summed E-state index contributed by atoms with van der Waals surface area (Å²) in [4.78, 5) is 9.05. The van der Waals surface area contributed by atoms with Crippen molar-refractivity contribution in [3.8, 4) is 17.2 Å². The number of hydrogen-bond donors (Lipinski definition) is 1. The Hall–Kier alpha value is -2.77. The van der Waals surface area contributed by atoms with Crippen molar-refractivity contribution in [1.82, 2.24) is 9.97 Å². The maximum Gasteiger partial charge on any atom is 0.231 e. The zero-order valence-corrected chi connectivity index (χ0v) is 15.7. The molecule has 28 heavy (non-hydrogen) atoms. The predicted molar refractivity (Wildman–Crippen MR) is 105 cm³/mol. The zero-order chi connectivity index (χ0) is 18.9. The van der Waals surface area contributed by atoms with E-state index in [-0.39, 0.29) is 12.9 Å². The van der Waals surface area contributed by atoms with Gasteiger partial charge >= 0.3 is 0 Å². The summed E-state index contributed by atoms with van der Waals surface area (Å²) in [5, 5.41) is 4.52. The van der Waals surface area contributed by atoms with Crippen LogP contribution in [0, 0.1) is 0 Å². The first-order valence-corrected chi connectivity index (χ1v) is 9.51. The minimum atomic E-state index is 0.153. The van der Waals surface area contributed by atoms with Gasteiger partial charge in [0.1, 0.15) is 17.5 Å². The second-order valence-corrected chi connectivity index (χ2v) is 7.00. The van der Waals surface area contributed by atoms with Crippen molar-refractivity contribution in [2.45, 2.75) is 18.9 Å². The fourth-order valence-electron chi connectivity index (χ4n) is 3.34. The third kappa shape index (κ3) is 3.27. The van der Waals surface area contributed by atoms with Crippen molar-refractivity contribution in [2.75, 3.05) is 25.3 Å². The van der Waals surface area contributed by atoms with Gasteiger partial charge in [-0.3, -0.25) is 0 Å². The molecule has 0 saturated carbocycles. The third-order valence-corrected chi connectivity index (χ3v) is 5.09. The molecule has 144 valence electrons. The number of aromatic nitrogens is 2. The molecule has 3 heterocycles. The van der Waals surface area contributed by atoms with Crippen LogP contribution in [-0.2, 0) is 4.74 Å². The van der Waals surface area contributed by atoms with E-state index < -0.39 is 0 Å². The van der Waals surface area contributed by atoms with Crippen LogP contribution in [0.15, 0.2) is 36.5 Å². The largest absolute Gasteiger partial charge is 0.489 e. The quantitative estimate of drug-likeness (QED) is 0.700. The van der Waals surface area contributed by atoms with E-state index in [1.54, 1.807) is 18.3 Å². The zero-order valence-electron chi connectivity index (χ0n) is 15.0. The molecule has 0 radical (unpaired) electrons. The molecule has 0 atom stereocenters. The highest BCUT2D eigenvalue weighted by Gasteiger charge is 2.21. The summed E-state index contributed by atoms with van der Waals surface area (Å²) in [7, 11) is 0. The molecule has 2 aliphatic rings. The number of fused-ring (bicyclic) bond motifs is 2. The fourth-order valence-corrected chi connectivity index (χ4v) is 3.54. The number of anilines is 2. The lowest BCUT2D eigenvalue weighted by Gasteiger charge is -2.23. The lowest BCUT2D eigenvalue weighted by Crippen LogP contribution is -2.25. The summed E-state index contributed by atoms with van der Waals surface area (Å²) in [5.41, 5.74) is 1.37. The van der Waals surface area contributed by atoms with Gasteiger partial charge in [-0.15, -0.1) is 0 Å². The molecule has 1 aromatic heterocycles. The van der Waals surface area contributed by atoms with Gasteiger partial charge in [-0.25, -0.2) is 9.97 Å². The van der Waals surface area contributed by atoms with Gasteiger partial charge in [0.2, 0.25) is 12.7 Å². The van der Waals surface area contributed by atoms with Crippen LogP contribution in [-0.4, -0.2) is 36.1 Å². The summed E-state index contributed by atoms with van der Waals surface area (Å²) in [5.74, 6) is 2.40. The molecule has 0 spiro atoms. The summed E-state index contributed by atoms with van der Waals surface area (Å²) < 4.78 is 22.5. The van der Waals surface area contributed by atoms with E-state index >= 15 is 0 Å². The molecule has 0 amide bonds. The predicted octanol–water partition coefficient (Wildman–Crippen LogP) is 4.31. The van der Waals surface area contributed by atoms with Gasteiger partial charge in [-0.2, -0.15) is 0 Å². The first-order valence-electron chi connectivity index (χ1n) is 9.13. The number of halogens is 1. The molecule has 2 aromatic carbocycles. The monoisotopic (exact) mass is 399 g/mol. The molecule has 8 heteroatoms. The fraction of sp³-hybridized carbons (Fsp3) is 0.300. The van der Waals surface area contributed by atoms with Crippen molar-refractivity contribution in [3.05, 3.63) is 41.6 Å². The molecule has 1 saturated heterocycles. The molecule has 1 N–H and O–H groups in total. The molecule has 1 fully saturated rings. The van der Waals surface area contributed by atoms with Crippen LogP contribution in [0.4, 0.5) is 11.6 Å². The molecule has 5 rings (SSSR count). The lowest BCUT2D eigenvalue weighted by molar-refractivity contribution is 0.0262. The van der Waals surface area contributed by atoms with Gasteiger partial charge in [0.05, 0.1) is 29.1 Å². The van der Waals surface area contributed by atoms with Gasteiger partial charge in [-0.1, -0.05) is 17.7 Å². The minimum Gasteiger partial charge on any atom is -0.489 e. The Morgan fingerprint density at radius 2 is 2.00 bits per heavy atom. The van der Waals surface area contributed by atoms with Gasteiger partial charge in [0.25, 0.3) is 0 Å². The van der Waals surface area contributed by atoms with Crippen molar-refractivity contribution >= 4 is 34.1 Å². The number of nitrogens with zero attached hydrogens (tertiary/aromatic N) is 2. The highest BCUT2D eigenvalue weighted by molar-refractivity contribution is 6.33. The molecule has 7 nitrogen and oxygen atoms in total. The van der Waals surface area contributed by atoms with Crippen LogP contribution in [0.25, 0.3) is 10.9 Å². The molecular formula is C20H18ClN3O4. The third-order valence-electron chi connectivity index (χ3n) is 4.77. The summed E-state index contributed by atoms with van der Waals surface area (Å²) in [6, 6.07) is 9.32. The average molecular weight is 400 g/mol. The Morgan fingerprint density at radius 3 is 2.89 bits per heavy atom. The van der Waals surface area contributed by atoms with Crippen LogP contribution in [0.5, 0.6) is 17.2 Å². The standard InChI is InChI=1S/C20H18ClN3O4/c21-14-4-5-17-19(27-11-26-17)18(14)24-20-22-10-13-15(23-20)2-1-3-16(13)28-12-6-8-25-9-7-12/h1-5,10,12H,6-9,11H2,(H,22,23,24). The normalized spacial score (nSPS) is 16.3. The second kappa shape index (κ2) is 7.33. The molecule has 3 aromatic rings. The van der Waals surface area contributed by atoms with Crippen molar-refractivity contribution < 1.29 is 18.9 Å². The number of rotatable bonds is 4. The molecule has 0 aliphatic carbocycles. The smallest absolute Gasteiger partial charge is 0.231 e. The van der Waals surface area contributed by atoms with Crippen molar-refractivity contribution in [2.24, 2.45) is 0 Å². The highest BCUT2D eigenvalue weighted by atomic mass is 35.5. The first-order chi connectivity index (χ1) is 13.8. The topological polar surface area (TPSA) is 74.7 Å². The molecular weight excluding hydrogens is 382 g/mol. The van der Waals surface area contributed by atoms with E-state index in [0.29, 0.717) is 28.2 Å². The first kappa shape index (κ1) is 17.3. The molecule has 2 aliphatic heterocycles. The van der Waals surface area contributed by atoms with Gasteiger partial charge in [-0.05, 0) is 24.3 Å². The summed E-state index contributed by atoms with van der Waals surface area (Å²) in [6.07, 6.45) is 3.68. The van der Waals surface area contributed by atoms with E-state index in [1.165, 1.54) is 0 Å². The van der Waals surface area contributed by atoms with E-state index in [1.807, 2.05) is 18.2 Å². The van der Waals surface area contributed by atoms with E-state index in [2.05, 4.69) is 15.3 Å². The Morgan fingerprint density at radius 1 is 1.11 bits per heavy atom. The summed E-state index contributed by atoms with van der Waals surface area (Å²) in [6.45, 7) is 1.62. The Balaban J connectivity index is 1.44. The highest BCUT2D eigenvalue weighted by Crippen LogP contribution is 2.44. The van der Waals surface area contributed by atoms with Gasteiger partial charge in [0.15, 0.2) is 11.5 Å². The minimum absolute atomic E-state index is 0.153. The van der Waals surface area contributed by atoms with Gasteiger partial charge < -0.3 is 24.3 Å². The van der Waals surface area contributed by atoms with E-state index in [0.717, 1.165) is 42.7 Å². The SMILES string of the molecule is Clc1ccc2c(c1Nc1ncc3c(OC4CCOCC4)cccc3n1)OCO2. The lowest BCUT2D eigenvalue weighted by atomic mass is 10.1. The van der Waals surface area contributed by atoms with Crippen LogP contribution in [0.3, 0.4) is 0 Å². The van der Waals surface area contributed by atoms with E-state index in [4.69, 9.17) is 30.5 Å². The Bertz CT molecular complexity index is 1020. The van der Waals surface area contributed by atoms with Crippen LogP contribution < -0.4 is 19.5 Å². The summed E-state index contributed by atoms with van der Waals surface area (Å²) >= 11 is 6.33. The average Bonchev–Trinajstić information content (AvgIpc) is 3.20. The maximum absolute atomic E-state index is 6.33. The molecule has 0 unspecified atom stereocenters. The number of ether oxygens (including phenoxy) is 4. The van der Waals surface area contributed by atoms with Crippen molar-refractivity contribution in [3.63, 3.8) is 0 Å². The van der Waals surface area contributed by atoms with Crippen LogP contribution in [0.2, 0.25) is 5.02 Å². The number of hydrogen-bond acceptors (Lipinski definition) is 7. The molecule has 0 bridgehead atoms. The van der Waals surface area contributed by atoms with Crippen LogP contribution in [0.1, 0.15) is 12.8 Å². The Kier molecular flexibility index (Phi) is 4.54. The van der Waals surface area contributed by atoms with Crippen LogP contribution >= 0.6 is 11.6 Å². The number of nitrogens with one attached hydrogen (secondary N) is 1. The van der Waals surface area contributed by atoms with Crippen molar-refractivity contribution in [1.29, 1.82) is 0 Å². The van der Waals surface area contributed by atoms with E-state index in [9.17, 15) is 0 Å². The van der Waals surface area contributed by atoms with Gasteiger partial charge in [0, 0.05) is 19.0 Å². The maximum atomic E-state index is 6.33. The number of benzene rings is 2. The second-order valence-electron chi connectivity index (χ2n) is 6.59.